The lowest BCUT2D eigenvalue weighted by atomic mass is 10.00. The lowest BCUT2D eigenvalue weighted by molar-refractivity contribution is 0.602. The summed E-state index contributed by atoms with van der Waals surface area (Å²) in [5.41, 5.74) is 5.76. The number of fused-ring (bicyclic) bond motifs is 1. The molecule has 1 aromatic carbocycles. The van der Waals surface area contributed by atoms with Crippen LogP contribution in [-0.4, -0.2) is 25.2 Å². The Kier molecular flexibility index (Phi) is 6.57. The highest BCUT2D eigenvalue weighted by Crippen LogP contribution is 2.37. The summed E-state index contributed by atoms with van der Waals surface area (Å²) in [6.07, 6.45) is 1.12. The van der Waals surface area contributed by atoms with Crippen molar-refractivity contribution >= 4 is 11.4 Å². The summed E-state index contributed by atoms with van der Waals surface area (Å²) in [7, 11) is 0. The van der Waals surface area contributed by atoms with Crippen LogP contribution in [0, 0.1) is 6.92 Å². The molecule has 1 aliphatic heterocycles. The van der Waals surface area contributed by atoms with Crippen LogP contribution in [0.25, 0.3) is 0 Å². The summed E-state index contributed by atoms with van der Waals surface area (Å²) in [4.78, 5) is 5.09. The zero-order chi connectivity index (χ0) is 16.2. The van der Waals surface area contributed by atoms with Crippen LogP contribution in [0.3, 0.4) is 0 Å². The molecule has 0 atom stereocenters. The van der Waals surface area contributed by atoms with Gasteiger partial charge in [0.1, 0.15) is 0 Å². The van der Waals surface area contributed by atoms with Gasteiger partial charge in [-0.1, -0.05) is 20.8 Å². The fraction of sp³-hybridized carbons (Fsp3) is 0.684. The average Bonchev–Trinajstić information content (AvgIpc) is 2.46. The van der Waals surface area contributed by atoms with Gasteiger partial charge in [-0.15, -0.1) is 0 Å². The van der Waals surface area contributed by atoms with E-state index in [1.807, 2.05) is 13.8 Å². The molecule has 0 saturated carbocycles. The van der Waals surface area contributed by atoms with Gasteiger partial charge in [0, 0.05) is 25.2 Å². The molecule has 0 spiro atoms. The smallest absolute Gasteiger partial charge is 0.0610 e. The maximum absolute atomic E-state index is 2.55. The highest BCUT2D eigenvalue weighted by Gasteiger charge is 2.26. The number of benzene rings is 1. The molecule has 0 unspecified atom stereocenters. The predicted molar refractivity (Wildman–Crippen MR) is 96.9 cm³/mol. The molecule has 120 valence electrons. The van der Waals surface area contributed by atoms with Crippen LogP contribution in [0.2, 0.25) is 0 Å². The quantitative estimate of drug-likeness (QED) is 0.770. The Hall–Kier alpha value is -1.18. The summed E-state index contributed by atoms with van der Waals surface area (Å²) in [6.45, 7) is 19.9. The first-order valence-corrected chi connectivity index (χ1v) is 8.62. The Bertz CT molecular complexity index is 449. The summed E-state index contributed by atoms with van der Waals surface area (Å²) in [5, 5.41) is 0. The van der Waals surface area contributed by atoms with Crippen molar-refractivity contribution in [3.63, 3.8) is 0 Å². The Morgan fingerprint density at radius 1 is 0.905 bits per heavy atom. The van der Waals surface area contributed by atoms with Crippen molar-refractivity contribution in [3.8, 4) is 0 Å². The second-order valence-electron chi connectivity index (χ2n) is 6.20. The van der Waals surface area contributed by atoms with Crippen LogP contribution in [0.4, 0.5) is 11.4 Å². The van der Waals surface area contributed by atoms with E-state index in [1.54, 1.807) is 0 Å². The minimum atomic E-state index is 0.569. The number of rotatable bonds is 3. The van der Waals surface area contributed by atoms with E-state index in [1.165, 1.54) is 22.5 Å². The minimum Gasteiger partial charge on any atom is -0.366 e. The van der Waals surface area contributed by atoms with Crippen LogP contribution in [0.15, 0.2) is 12.1 Å². The molecule has 0 fully saturated rings. The Balaban J connectivity index is 0.00000106. The van der Waals surface area contributed by atoms with Crippen LogP contribution >= 0.6 is 0 Å². The molecular formula is C19H34N2. The molecular weight excluding hydrogens is 256 g/mol. The summed E-state index contributed by atoms with van der Waals surface area (Å²) < 4.78 is 0. The van der Waals surface area contributed by atoms with Gasteiger partial charge < -0.3 is 9.80 Å². The van der Waals surface area contributed by atoms with Crippen molar-refractivity contribution in [1.82, 2.24) is 0 Å². The van der Waals surface area contributed by atoms with Gasteiger partial charge in [-0.2, -0.15) is 0 Å². The minimum absolute atomic E-state index is 0.569. The molecule has 0 radical (unpaired) electrons. The van der Waals surface area contributed by atoms with Gasteiger partial charge in [-0.05, 0) is 64.3 Å². The Morgan fingerprint density at radius 3 is 1.71 bits per heavy atom. The summed E-state index contributed by atoms with van der Waals surface area (Å²) in [6, 6.07) is 5.95. The first-order chi connectivity index (χ1) is 9.95. The molecule has 2 nitrogen and oxygen atoms in total. The second kappa shape index (κ2) is 7.72. The Labute approximate surface area is 132 Å². The molecule has 1 aromatic rings. The lowest BCUT2D eigenvalue weighted by Crippen LogP contribution is -2.46. The van der Waals surface area contributed by atoms with Crippen molar-refractivity contribution in [2.45, 2.75) is 73.9 Å². The molecule has 1 heterocycles. The standard InChI is InChI=1S/C17H28N2.C2H6/c1-7-15-11-17-16(10-14(15)6)18(12(2)3)8-9-19(17)13(4)5;1-2/h10-13H,7-9H2,1-6H3;1-2H3. The molecule has 0 aliphatic carbocycles. The number of hydrogen-bond donors (Lipinski definition) is 0. The van der Waals surface area contributed by atoms with Crippen LogP contribution in [0.5, 0.6) is 0 Å². The number of aryl methyl sites for hydroxylation is 2. The van der Waals surface area contributed by atoms with Crippen LogP contribution in [-0.2, 0) is 6.42 Å². The van der Waals surface area contributed by atoms with Gasteiger partial charge in [-0.3, -0.25) is 0 Å². The normalized spacial score (nSPS) is 14.2. The van der Waals surface area contributed by atoms with Crippen LogP contribution in [0.1, 0.15) is 59.6 Å². The van der Waals surface area contributed by atoms with Crippen molar-refractivity contribution < 1.29 is 0 Å². The molecule has 0 saturated heterocycles. The SMILES string of the molecule is CC.CCc1cc2c(cc1C)N(C(C)C)CCN2C(C)C. The average molecular weight is 290 g/mol. The summed E-state index contributed by atoms with van der Waals surface area (Å²) >= 11 is 0. The number of hydrogen-bond acceptors (Lipinski definition) is 2. The first-order valence-electron chi connectivity index (χ1n) is 8.62. The van der Waals surface area contributed by atoms with E-state index in [4.69, 9.17) is 0 Å². The molecule has 0 N–H and O–H groups in total. The van der Waals surface area contributed by atoms with Gasteiger partial charge in [-0.25, -0.2) is 0 Å². The third-order valence-corrected chi connectivity index (χ3v) is 4.26. The molecule has 21 heavy (non-hydrogen) atoms. The van der Waals surface area contributed by atoms with E-state index in [2.05, 4.69) is 63.5 Å². The van der Waals surface area contributed by atoms with Crippen LogP contribution < -0.4 is 9.80 Å². The second-order valence-corrected chi connectivity index (χ2v) is 6.20. The maximum atomic E-state index is 2.55. The number of nitrogens with zero attached hydrogens (tertiary/aromatic N) is 2. The zero-order valence-corrected chi connectivity index (χ0v) is 15.3. The molecule has 0 aromatic heterocycles. The fourth-order valence-electron chi connectivity index (χ4n) is 3.09. The Morgan fingerprint density at radius 2 is 1.33 bits per heavy atom. The van der Waals surface area contributed by atoms with Crippen molar-refractivity contribution in [1.29, 1.82) is 0 Å². The predicted octanol–water partition coefficient (Wildman–Crippen LogP) is 5.03. The van der Waals surface area contributed by atoms with Crippen molar-refractivity contribution in [2.75, 3.05) is 22.9 Å². The zero-order valence-electron chi connectivity index (χ0n) is 15.3. The van der Waals surface area contributed by atoms with Crippen molar-refractivity contribution in [3.05, 3.63) is 23.3 Å². The van der Waals surface area contributed by atoms with E-state index in [0.717, 1.165) is 19.5 Å². The third kappa shape index (κ3) is 3.72. The van der Waals surface area contributed by atoms with E-state index >= 15 is 0 Å². The van der Waals surface area contributed by atoms with E-state index in [9.17, 15) is 0 Å². The van der Waals surface area contributed by atoms with Gasteiger partial charge in [0.25, 0.3) is 0 Å². The van der Waals surface area contributed by atoms with E-state index in [-0.39, 0.29) is 0 Å². The van der Waals surface area contributed by atoms with Gasteiger partial charge in [0.2, 0.25) is 0 Å². The molecule has 2 rings (SSSR count). The molecule has 2 heteroatoms. The first kappa shape index (κ1) is 17.9. The topological polar surface area (TPSA) is 6.48 Å². The highest BCUT2D eigenvalue weighted by atomic mass is 15.3. The third-order valence-electron chi connectivity index (χ3n) is 4.26. The largest absolute Gasteiger partial charge is 0.366 e. The lowest BCUT2D eigenvalue weighted by Gasteiger charge is -2.43. The molecule has 0 bridgehead atoms. The van der Waals surface area contributed by atoms with E-state index < -0.39 is 0 Å². The fourth-order valence-corrected chi connectivity index (χ4v) is 3.09. The summed E-state index contributed by atoms with van der Waals surface area (Å²) in [5.74, 6) is 0. The molecule has 0 amide bonds. The van der Waals surface area contributed by atoms with Gasteiger partial charge in [0.05, 0.1) is 11.4 Å². The highest BCUT2D eigenvalue weighted by molar-refractivity contribution is 5.76. The van der Waals surface area contributed by atoms with Gasteiger partial charge >= 0.3 is 0 Å². The maximum Gasteiger partial charge on any atom is 0.0610 e. The van der Waals surface area contributed by atoms with Crippen molar-refractivity contribution in [2.24, 2.45) is 0 Å². The van der Waals surface area contributed by atoms with Gasteiger partial charge in [0.15, 0.2) is 0 Å². The molecule has 1 aliphatic rings. The number of anilines is 2. The monoisotopic (exact) mass is 290 g/mol. The van der Waals surface area contributed by atoms with E-state index in [0.29, 0.717) is 12.1 Å².